The van der Waals surface area contributed by atoms with Crippen LogP contribution in [0.1, 0.15) is 0 Å². The van der Waals surface area contributed by atoms with Crippen molar-refractivity contribution in [1.82, 2.24) is 0 Å². The van der Waals surface area contributed by atoms with Crippen molar-refractivity contribution in [3.8, 4) is 0 Å². The molecular formula is C5H4F7O2-. The Labute approximate surface area is 73.3 Å². The van der Waals surface area contributed by atoms with Gasteiger partial charge in [-0.2, -0.15) is 30.7 Å². The van der Waals surface area contributed by atoms with E-state index in [9.17, 15) is 35.8 Å². The first-order valence-corrected chi connectivity index (χ1v) is 3.10. The number of hydrogen-bond acceptors (Lipinski definition) is 2. The van der Waals surface area contributed by atoms with Crippen LogP contribution < -0.4 is 5.11 Å². The van der Waals surface area contributed by atoms with E-state index in [1.165, 1.54) is 0 Å². The third-order valence-corrected chi connectivity index (χ3v) is 1.09. The van der Waals surface area contributed by atoms with Crippen molar-refractivity contribution >= 4 is 0 Å². The second-order valence-electron chi connectivity index (χ2n) is 2.14. The second-order valence-corrected chi connectivity index (χ2v) is 2.14. The fraction of sp³-hybridized carbons (Fsp3) is 1.00. The molecule has 0 amide bonds. The summed E-state index contributed by atoms with van der Waals surface area (Å²) in [5.74, 6) is -6.31. The molecule has 0 fully saturated rings. The summed E-state index contributed by atoms with van der Waals surface area (Å²) in [6.45, 7) is -2.78. The van der Waals surface area contributed by atoms with Gasteiger partial charge < -0.3 is 9.84 Å². The van der Waals surface area contributed by atoms with Crippen molar-refractivity contribution in [3.05, 3.63) is 0 Å². The van der Waals surface area contributed by atoms with Crippen LogP contribution in [0.15, 0.2) is 0 Å². The Morgan fingerprint density at radius 2 is 1.36 bits per heavy atom. The number of rotatable bonds is 4. The lowest BCUT2D eigenvalue weighted by Crippen LogP contribution is -2.53. The van der Waals surface area contributed by atoms with Crippen LogP contribution in [0.4, 0.5) is 30.7 Å². The summed E-state index contributed by atoms with van der Waals surface area (Å²) < 4.78 is 84.9. The molecular weight excluding hydrogens is 225 g/mol. The first-order chi connectivity index (χ1) is 6.06. The van der Waals surface area contributed by atoms with Crippen LogP contribution in [0.3, 0.4) is 0 Å². The first kappa shape index (κ1) is 13.4. The summed E-state index contributed by atoms with van der Waals surface area (Å²) in [5, 5.41) is 9.57. The maximum absolute atomic E-state index is 12.1. The highest BCUT2D eigenvalue weighted by atomic mass is 19.4. The van der Waals surface area contributed by atoms with Gasteiger partial charge in [-0.15, -0.1) is 6.61 Å². The smallest absolute Gasteiger partial charge is 0.462 e. The first-order valence-electron chi connectivity index (χ1n) is 3.10. The third kappa shape index (κ3) is 2.47. The zero-order chi connectivity index (χ0) is 11.6. The summed E-state index contributed by atoms with van der Waals surface area (Å²) in [5.41, 5.74) is 0. The summed E-state index contributed by atoms with van der Waals surface area (Å²) in [6.07, 6.45) is -12.2. The lowest BCUT2D eigenvalue weighted by molar-refractivity contribution is -0.440. The maximum Gasteiger partial charge on any atom is 0.462 e. The zero-order valence-corrected chi connectivity index (χ0v) is 6.38. The average Bonchev–Trinajstić information content (AvgIpc) is 1.98. The fourth-order valence-electron chi connectivity index (χ4n) is 0.425. The number of hydrogen-bond donors (Lipinski definition) is 0. The zero-order valence-electron chi connectivity index (χ0n) is 6.38. The molecule has 0 bridgehead atoms. The molecule has 0 atom stereocenters. The molecule has 0 aromatic heterocycles. The molecule has 0 unspecified atom stereocenters. The van der Waals surface area contributed by atoms with Crippen molar-refractivity contribution in [3.63, 3.8) is 0 Å². The minimum Gasteiger partial charge on any atom is -0.853 e. The van der Waals surface area contributed by atoms with Crippen LogP contribution in [0.2, 0.25) is 0 Å². The van der Waals surface area contributed by atoms with E-state index in [1.54, 1.807) is 0 Å². The molecule has 0 N–H and O–H groups in total. The molecule has 0 spiro atoms. The lowest BCUT2D eigenvalue weighted by Gasteiger charge is -2.27. The summed E-state index contributed by atoms with van der Waals surface area (Å²) in [4.78, 5) is 0. The molecule has 0 saturated carbocycles. The molecule has 0 aromatic carbocycles. The minimum absolute atomic E-state index is 1.34. The van der Waals surface area contributed by atoms with Crippen LogP contribution in [0.25, 0.3) is 0 Å². The van der Waals surface area contributed by atoms with E-state index in [0.29, 0.717) is 0 Å². The van der Waals surface area contributed by atoms with Gasteiger partial charge in [0, 0.05) is 6.61 Å². The Morgan fingerprint density at radius 1 is 0.929 bits per heavy atom. The maximum atomic E-state index is 12.1. The Hall–Kier alpha value is -0.570. The van der Waals surface area contributed by atoms with Gasteiger partial charge in [0.15, 0.2) is 0 Å². The molecule has 0 saturated heterocycles. The molecule has 0 aliphatic carbocycles. The molecule has 0 radical (unpaired) electrons. The van der Waals surface area contributed by atoms with Gasteiger partial charge in [-0.25, -0.2) is 0 Å². The van der Waals surface area contributed by atoms with Gasteiger partial charge in [-0.3, -0.25) is 0 Å². The van der Waals surface area contributed by atoms with E-state index < -0.39 is 31.4 Å². The molecule has 9 heteroatoms. The number of alkyl halides is 7. The largest absolute Gasteiger partial charge is 0.853 e. The molecule has 0 heterocycles. The summed E-state index contributed by atoms with van der Waals surface area (Å²) >= 11 is 0. The van der Waals surface area contributed by atoms with Crippen molar-refractivity contribution in [2.24, 2.45) is 0 Å². The Bertz CT molecular complexity index is 187. The van der Waals surface area contributed by atoms with Crippen LogP contribution >= 0.6 is 0 Å². The van der Waals surface area contributed by atoms with Crippen molar-refractivity contribution < 1.29 is 40.6 Å². The molecule has 86 valence electrons. The van der Waals surface area contributed by atoms with Gasteiger partial charge in [-0.05, 0) is 0 Å². The van der Waals surface area contributed by atoms with E-state index in [4.69, 9.17) is 0 Å². The molecule has 0 aliphatic heterocycles. The Kier molecular flexibility index (Phi) is 3.73. The minimum atomic E-state index is -6.43. The normalized spacial score (nSPS) is 14.6. The highest BCUT2D eigenvalue weighted by Crippen LogP contribution is 2.46. The van der Waals surface area contributed by atoms with Crippen LogP contribution in [0.5, 0.6) is 0 Å². The molecule has 2 nitrogen and oxygen atoms in total. The standard InChI is InChI=1S/C5H4F7O2/c6-3(7,4(8,9)10)5(11,12)14-2-1-13/h1-2H2/q-1. The van der Waals surface area contributed by atoms with E-state index >= 15 is 0 Å². The highest BCUT2D eigenvalue weighted by molar-refractivity contribution is 4.84. The van der Waals surface area contributed by atoms with Gasteiger partial charge in [-0.1, -0.05) is 0 Å². The molecule has 0 aliphatic rings. The summed E-state index contributed by atoms with van der Waals surface area (Å²) in [7, 11) is 0. The Balaban J connectivity index is 4.69. The number of ether oxygens (including phenoxy) is 1. The quantitative estimate of drug-likeness (QED) is 0.677. The Morgan fingerprint density at radius 3 is 1.64 bits per heavy atom. The van der Waals surface area contributed by atoms with E-state index in [-0.39, 0.29) is 0 Å². The van der Waals surface area contributed by atoms with Crippen molar-refractivity contribution in [1.29, 1.82) is 0 Å². The van der Waals surface area contributed by atoms with Crippen LogP contribution in [0, 0.1) is 0 Å². The van der Waals surface area contributed by atoms with Gasteiger partial charge in [0.05, 0.1) is 0 Å². The monoisotopic (exact) mass is 229 g/mol. The van der Waals surface area contributed by atoms with Crippen LogP contribution in [-0.2, 0) is 4.74 Å². The summed E-state index contributed by atoms with van der Waals surface area (Å²) in [6, 6.07) is 0. The van der Waals surface area contributed by atoms with Crippen molar-refractivity contribution in [2.75, 3.05) is 13.2 Å². The predicted octanol–water partition coefficient (Wildman–Crippen LogP) is 1.15. The van der Waals surface area contributed by atoms with Gasteiger partial charge in [0.2, 0.25) is 0 Å². The molecule has 0 aromatic rings. The SMILES string of the molecule is [O-]CCOC(F)(F)C(F)(F)C(F)(F)F. The molecule has 0 rings (SSSR count). The van der Waals surface area contributed by atoms with Gasteiger partial charge in [0.25, 0.3) is 0 Å². The van der Waals surface area contributed by atoms with E-state index in [2.05, 4.69) is 4.74 Å². The number of halogens is 7. The average molecular weight is 229 g/mol. The predicted molar refractivity (Wildman–Crippen MR) is 26.8 cm³/mol. The third-order valence-electron chi connectivity index (χ3n) is 1.09. The van der Waals surface area contributed by atoms with E-state index in [1.807, 2.05) is 0 Å². The molecule has 14 heavy (non-hydrogen) atoms. The van der Waals surface area contributed by atoms with Crippen LogP contribution in [-0.4, -0.2) is 31.4 Å². The second kappa shape index (κ2) is 3.89. The van der Waals surface area contributed by atoms with Crippen molar-refractivity contribution in [2.45, 2.75) is 18.2 Å². The topological polar surface area (TPSA) is 32.3 Å². The van der Waals surface area contributed by atoms with Gasteiger partial charge in [0.1, 0.15) is 0 Å². The lowest BCUT2D eigenvalue weighted by atomic mass is 10.3. The fourth-order valence-corrected chi connectivity index (χ4v) is 0.425. The highest BCUT2D eigenvalue weighted by Gasteiger charge is 2.74. The van der Waals surface area contributed by atoms with Gasteiger partial charge >= 0.3 is 18.2 Å². The van der Waals surface area contributed by atoms with E-state index in [0.717, 1.165) is 0 Å².